The van der Waals surface area contributed by atoms with E-state index >= 15 is 0 Å². The van der Waals surface area contributed by atoms with E-state index in [2.05, 4.69) is 240 Å². The van der Waals surface area contributed by atoms with E-state index in [0.717, 1.165) is 106 Å². The number of fused-ring (bicyclic) bond motifs is 8. The van der Waals surface area contributed by atoms with Gasteiger partial charge in [0.2, 0.25) is 0 Å². The standard InChI is InChI=1S/C64H40N2O2S/c1-3-18-41(19-4-1)44-22-7-11-29-53(44)65(56-31-15-26-50-46-24-9-13-33-58(46)67-63(50)56)43-36-37-48-49-38-39-55(52-28-17-35-60(62(49)52)69-61(48)40-43)66(54-30-12-8-23-45(54)42-20-5-2-6-21-42)57-32-16-27-51-47-25-10-14-34-59(47)68-64(51)57/h1-40H. The van der Waals surface area contributed by atoms with Crippen LogP contribution in [0, 0.1) is 0 Å². The van der Waals surface area contributed by atoms with Crippen LogP contribution in [0.5, 0.6) is 0 Å². The van der Waals surface area contributed by atoms with Crippen LogP contribution in [0.25, 0.3) is 88.0 Å². The van der Waals surface area contributed by atoms with Crippen molar-refractivity contribution < 1.29 is 8.83 Å². The fourth-order valence-electron chi connectivity index (χ4n) is 10.6. The summed E-state index contributed by atoms with van der Waals surface area (Å²) in [5.74, 6) is 0. The monoisotopic (exact) mass is 900 g/mol. The molecule has 5 heteroatoms. The van der Waals surface area contributed by atoms with Crippen LogP contribution in [0.1, 0.15) is 0 Å². The summed E-state index contributed by atoms with van der Waals surface area (Å²) >= 11 is 1.84. The molecule has 13 aromatic rings. The molecule has 0 saturated heterocycles. The summed E-state index contributed by atoms with van der Waals surface area (Å²) in [5.41, 5.74) is 16.7. The van der Waals surface area contributed by atoms with Gasteiger partial charge in [0.15, 0.2) is 11.2 Å². The first-order valence-corrected chi connectivity index (χ1v) is 24.1. The Morgan fingerprint density at radius 2 is 0.768 bits per heavy atom. The zero-order valence-electron chi connectivity index (χ0n) is 37.2. The molecule has 1 aliphatic rings. The molecule has 0 aliphatic carbocycles. The molecule has 14 rings (SSSR count). The molecule has 1 aliphatic heterocycles. The third-order valence-electron chi connectivity index (χ3n) is 13.7. The molecule has 0 unspecified atom stereocenters. The van der Waals surface area contributed by atoms with Crippen molar-refractivity contribution in [3.8, 4) is 33.4 Å². The minimum atomic E-state index is 0.853. The number of para-hydroxylation sites is 6. The topological polar surface area (TPSA) is 32.8 Å². The van der Waals surface area contributed by atoms with E-state index in [4.69, 9.17) is 8.83 Å². The van der Waals surface area contributed by atoms with Crippen molar-refractivity contribution in [2.24, 2.45) is 0 Å². The Kier molecular flexibility index (Phi) is 9.11. The van der Waals surface area contributed by atoms with Crippen molar-refractivity contribution in [1.29, 1.82) is 0 Å². The highest BCUT2D eigenvalue weighted by atomic mass is 32.2. The van der Waals surface area contributed by atoms with Crippen LogP contribution in [0.15, 0.2) is 261 Å². The smallest absolute Gasteiger partial charge is 0.159 e. The van der Waals surface area contributed by atoms with Gasteiger partial charge in [-0.1, -0.05) is 194 Å². The van der Waals surface area contributed by atoms with Gasteiger partial charge in [-0.25, -0.2) is 0 Å². The van der Waals surface area contributed by atoms with Crippen molar-refractivity contribution in [3.05, 3.63) is 243 Å². The maximum Gasteiger partial charge on any atom is 0.159 e. The highest BCUT2D eigenvalue weighted by molar-refractivity contribution is 7.99. The van der Waals surface area contributed by atoms with Crippen LogP contribution in [-0.4, -0.2) is 0 Å². The van der Waals surface area contributed by atoms with Crippen LogP contribution in [0.2, 0.25) is 0 Å². The summed E-state index contributed by atoms with van der Waals surface area (Å²) in [6, 6.07) is 86.8. The second kappa shape index (κ2) is 15.9. The van der Waals surface area contributed by atoms with E-state index in [9.17, 15) is 0 Å². The second-order valence-corrected chi connectivity index (χ2v) is 18.6. The van der Waals surface area contributed by atoms with Crippen molar-refractivity contribution in [3.63, 3.8) is 0 Å². The first-order chi connectivity index (χ1) is 34.2. The molecular weight excluding hydrogens is 861 g/mol. The van der Waals surface area contributed by atoms with Gasteiger partial charge in [-0.15, -0.1) is 0 Å². The molecule has 69 heavy (non-hydrogen) atoms. The number of benzene rings is 11. The summed E-state index contributed by atoms with van der Waals surface area (Å²) in [6.45, 7) is 0. The van der Waals surface area contributed by atoms with Crippen LogP contribution < -0.4 is 9.80 Å². The van der Waals surface area contributed by atoms with Crippen molar-refractivity contribution in [1.82, 2.24) is 0 Å². The Morgan fingerprint density at radius 1 is 0.290 bits per heavy atom. The molecule has 2 aromatic heterocycles. The number of hydrogen-bond acceptors (Lipinski definition) is 5. The fraction of sp³-hybridized carbons (Fsp3) is 0. The summed E-state index contributed by atoms with van der Waals surface area (Å²) in [5, 5.41) is 6.78. The first-order valence-electron chi connectivity index (χ1n) is 23.3. The molecule has 324 valence electrons. The molecule has 3 heterocycles. The molecule has 4 nitrogen and oxygen atoms in total. The van der Waals surface area contributed by atoms with E-state index in [1.165, 1.54) is 26.3 Å². The summed E-state index contributed by atoms with van der Waals surface area (Å²) in [6.07, 6.45) is 0. The van der Waals surface area contributed by atoms with Gasteiger partial charge in [-0.3, -0.25) is 0 Å². The fourth-order valence-corrected chi connectivity index (χ4v) is 11.8. The van der Waals surface area contributed by atoms with Crippen LogP contribution in [-0.2, 0) is 0 Å². The lowest BCUT2D eigenvalue weighted by Crippen LogP contribution is -2.13. The highest BCUT2D eigenvalue weighted by Gasteiger charge is 2.29. The predicted octanol–water partition coefficient (Wildman–Crippen LogP) is 19.0. The average Bonchev–Trinajstić information content (AvgIpc) is 4.00. The van der Waals surface area contributed by atoms with E-state index in [-0.39, 0.29) is 0 Å². The molecule has 0 amide bonds. The van der Waals surface area contributed by atoms with Gasteiger partial charge >= 0.3 is 0 Å². The average molecular weight is 901 g/mol. The number of rotatable bonds is 8. The largest absolute Gasteiger partial charge is 0.454 e. The minimum absolute atomic E-state index is 0.853. The van der Waals surface area contributed by atoms with Crippen LogP contribution in [0.3, 0.4) is 0 Å². The Labute approximate surface area is 402 Å². The van der Waals surface area contributed by atoms with Crippen molar-refractivity contribution in [2.45, 2.75) is 9.79 Å². The zero-order chi connectivity index (χ0) is 45.4. The van der Waals surface area contributed by atoms with Gasteiger partial charge in [0, 0.05) is 58.9 Å². The predicted molar refractivity (Wildman–Crippen MR) is 288 cm³/mol. The summed E-state index contributed by atoms with van der Waals surface area (Å²) in [7, 11) is 0. The quantitative estimate of drug-likeness (QED) is 0.152. The Hall–Kier alpha value is -8.77. The second-order valence-electron chi connectivity index (χ2n) is 17.5. The number of nitrogens with zero attached hydrogens (tertiary/aromatic N) is 2. The molecule has 0 fully saturated rings. The lowest BCUT2D eigenvalue weighted by Gasteiger charge is -2.31. The van der Waals surface area contributed by atoms with Gasteiger partial charge < -0.3 is 18.6 Å². The Morgan fingerprint density at radius 3 is 1.41 bits per heavy atom. The molecule has 11 aromatic carbocycles. The molecular formula is C64H40N2O2S. The van der Waals surface area contributed by atoms with Gasteiger partial charge in [-0.2, -0.15) is 0 Å². The number of anilines is 6. The lowest BCUT2D eigenvalue weighted by molar-refractivity contribution is 0.668. The number of hydrogen-bond donors (Lipinski definition) is 0. The summed E-state index contributed by atoms with van der Waals surface area (Å²) in [4.78, 5) is 7.20. The third kappa shape index (κ3) is 6.32. The maximum atomic E-state index is 6.80. The highest BCUT2D eigenvalue weighted by Crippen LogP contribution is 2.55. The van der Waals surface area contributed by atoms with E-state index in [0.29, 0.717) is 0 Å². The normalized spacial score (nSPS) is 12.0. The molecule has 0 saturated carbocycles. The van der Waals surface area contributed by atoms with Gasteiger partial charge in [-0.05, 0) is 82.9 Å². The Balaban J connectivity index is 0.967. The van der Waals surface area contributed by atoms with Crippen LogP contribution in [0.4, 0.5) is 34.1 Å². The molecule has 0 bridgehead atoms. The maximum absolute atomic E-state index is 6.80. The molecule has 0 spiro atoms. The van der Waals surface area contributed by atoms with E-state index in [1.54, 1.807) is 0 Å². The summed E-state index contributed by atoms with van der Waals surface area (Å²) < 4.78 is 13.6. The van der Waals surface area contributed by atoms with E-state index < -0.39 is 0 Å². The first kappa shape index (κ1) is 39.4. The van der Waals surface area contributed by atoms with Gasteiger partial charge in [0.1, 0.15) is 11.2 Å². The van der Waals surface area contributed by atoms with Gasteiger partial charge in [0.05, 0.1) is 28.4 Å². The third-order valence-corrected chi connectivity index (χ3v) is 14.8. The van der Waals surface area contributed by atoms with Crippen LogP contribution >= 0.6 is 11.8 Å². The zero-order valence-corrected chi connectivity index (χ0v) is 38.0. The van der Waals surface area contributed by atoms with E-state index in [1.807, 2.05) is 23.9 Å². The van der Waals surface area contributed by atoms with Crippen molar-refractivity contribution >= 4 is 101 Å². The van der Waals surface area contributed by atoms with Gasteiger partial charge in [0.25, 0.3) is 0 Å². The minimum Gasteiger partial charge on any atom is -0.454 e. The Bertz CT molecular complexity index is 4140. The molecule has 0 N–H and O–H groups in total. The SMILES string of the molecule is c1ccc(-c2ccccc2N(c2ccc3c(c2)Sc2cccc4c(N(c5ccccc5-c5ccccc5)c5cccc6c5oc5ccccc56)ccc-3c24)c2cccc3c2oc2ccccc23)cc1. The lowest BCUT2D eigenvalue weighted by atomic mass is 9.94. The number of furan rings is 2. The van der Waals surface area contributed by atoms with Crippen molar-refractivity contribution in [2.75, 3.05) is 9.80 Å². The molecule has 0 radical (unpaired) electrons. The molecule has 0 atom stereocenters.